The van der Waals surface area contributed by atoms with E-state index in [4.69, 9.17) is 0 Å². The van der Waals surface area contributed by atoms with Gasteiger partial charge in [-0.2, -0.15) is 0 Å². The van der Waals surface area contributed by atoms with Gasteiger partial charge in [0, 0.05) is 6.92 Å². The Bertz CT molecular complexity index is 508. The van der Waals surface area contributed by atoms with E-state index in [1.54, 1.807) is 0 Å². The van der Waals surface area contributed by atoms with E-state index in [0.29, 0.717) is 0 Å². The first-order chi connectivity index (χ1) is 7.66. The summed E-state index contributed by atoms with van der Waals surface area (Å²) in [5.74, 6) is 1.76. The van der Waals surface area contributed by atoms with E-state index in [1.165, 1.54) is 30.4 Å². The van der Waals surface area contributed by atoms with Crippen LogP contribution < -0.4 is 0 Å². The van der Waals surface area contributed by atoms with Crippen molar-refractivity contribution in [3.8, 4) is 0 Å². The van der Waals surface area contributed by atoms with Gasteiger partial charge in [-0.1, -0.05) is 6.42 Å². The molecule has 1 aromatic carbocycles. The lowest BCUT2D eigenvalue weighted by molar-refractivity contribution is -0.290. The topological polar surface area (TPSA) is 15.4 Å². The summed E-state index contributed by atoms with van der Waals surface area (Å²) in [7, 11) is 0. The molecule has 0 amide bonds. The zero-order chi connectivity index (χ0) is 11.3. The van der Waals surface area contributed by atoms with Crippen LogP contribution in [-0.2, 0) is 0 Å². The number of fused-ring (bicyclic) bond motifs is 1. The van der Waals surface area contributed by atoms with Gasteiger partial charge < -0.3 is 0 Å². The first kappa shape index (κ1) is 9.76. The lowest BCUT2D eigenvalue weighted by Crippen LogP contribution is -2.10. The average molecular weight is 213 g/mol. The van der Waals surface area contributed by atoms with Crippen LogP contribution in [0.2, 0.25) is 0 Å². The van der Waals surface area contributed by atoms with Gasteiger partial charge in [-0.25, -0.2) is 4.58 Å². The zero-order valence-corrected chi connectivity index (χ0v) is 9.95. The van der Waals surface area contributed by atoms with E-state index in [1.807, 2.05) is 11.5 Å². The van der Waals surface area contributed by atoms with Crippen LogP contribution in [0.15, 0.2) is 17.1 Å². The highest BCUT2D eigenvalue weighted by Crippen LogP contribution is 2.43. The third-order valence-corrected chi connectivity index (χ3v) is 3.87. The largest absolute Gasteiger partial charge is 0.300 e. The summed E-state index contributed by atoms with van der Waals surface area (Å²) in [4.78, 5) is 4.56. The molecule has 0 N–H and O–H groups in total. The Morgan fingerprint density at radius 3 is 2.69 bits per heavy atom. The molecule has 16 heavy (non-hydrogen) atoms. The Balaban J connectivity index is 2.10. The predicted octanol–water partition coefficient (Wildman–Crippen LogP) is 3.67. The highest BCUT2D eigenvalue weighted by Gasteiger charge is 2.29. The van der Waals surface area contributed by atoms with Gasteiger partial charge >= 0.3 is 5.84 Å². The average Bonchev–Trinajstić information content (AvgIpc) is 2.42. The normalized spacial score (nSPS) is 19.4. The molecule has 2 aliphatic rings. The molecule has 2 nitrogen and oxygen atoms in total. The number of aliphatic imine (C=N–C) groups is 1. The molecular weight excluding hydrogens is 196 g/mol. The Morgan fingerprint density at radius 1 is 1.31 bits per heavy atom. The van der Waals surface area contributed by atoms with Crippen molar-refractivity contribution in [1.82, 2.24) is 0 Å². The molecular formula is C14H17N2+. The SMILES string of the molecule is C=[N+]1C(C)=Nc2cc(C3CCC3)c(C)cc21. The van der Waals surface area contributed by atoms with Crippen molar-refractivity contribution >= 4 is 23.9 Å². The Morgan fingerprint density at radius 2 is 2.06 bits per heavy atom. The summed E-state index contributed by atoms with van der Waals surface area (Å²) in [6.45, 7) is 8.22. The van der Waals surface area contributed by atoms with E-state index in [0.717, 1.165) is 23.1 Å². The van der Waals surface area contributed by atoms with Gasteiger partial charge in [0.2, 0.25) is 5.69 Å². The second-order valence-corrected chi connectivity index (χ2v) is 4.91. The molecule has 0 atom stereocenters. The number of amidine groups is 1. The standard InChI is InChI=1S/C14H17N2/c1-9-7-14-13(15-10(2)16(14)3)8-12(9)11-5-4-6-11/h7-8,11H,3-6H2,1-2H3/q+1. The van der Waals surface area contributed by atoms with Crippen LogP contribution in [0, 0.1) is 6.92 Å². The highest BCUT2D eigenvalue weighted by molar-refractivity contribution is 5.87. The smallest absolute Gasteiger partial charge is 0.203 e. The summed E-state index contributed by atoms with van der Waals surface area (Å²) in [5, 5.41) is 0. The summed E-state index contributed by atoms with van der Waals surface area (Å²) >= 11 is 0. The first-order valence-corrected chi connectivity index (χ1v) is 5.97. The second kappa shape index (κ2) is 3.27. The highest BCUT2D eigenvalue weighted by atomic mass is 15.1. The van der Waals surface area contributed by atoms with Crippen LogP contribution in [0.3, 0.4) is 0 Å². The van der Waals surface area contributed by atoms with Crippen molar-refractivity contribution in [1.29, 1.82) is 0 Å². The van der Waals surface area contributed by atoms with Crippen LogP contribution in [0.5, 0.6) is 0 Å². The van der Waals surface area contributed by atoms with Crippen molar-refractivity contribution in [3.05, 3.63) is 23.3 Å². The van der Waals surface area contributed by atoms with Crippen molar-refractivity contribution in [2.24, 2.45) is 4.99 Å². The third-order valence-electron chi connectivity index (χ3n) is 3.87. The molecule has 0 radical (unpaired) electrons. The Labute approximate surface area is 96.3 Å². The summed E-state index contributed by atoms with van der Waals surface area (Å²) in [6, 6.07) is 4.50. The Hall–Kier alpha value is -1.44. The van der Waals surface area contributed by atoms with Crippen molar-refractivity contribution < 1.29 is 4.58 Å². The molecule has 1 saturated carbocycles. The molecule has 1 fully saturated rings. The molecule has 0 aromatic heterocycles. The van der Waals surface area contributed by atoms with Gasteiger partial charge in [0.15, 0.2) is 5.69 Å². The molecule has 3 rings (SSSR count). The zero-order valence-electron chi connectivity index (χ0n) is 9.95. The fourth-order valence-corrected chi connectivity index (χ4v) is 2.57. The molecule has 0 bridgehead atoms. The quantitative estimate of drug-likeness (QED) is 0.632. The van der Waals surface area contributed by atoms with E-state index in [-0.39, 0.29) is 0 Å². The predicted molar refractivity (Wildman–Crippen MR) is 67.6 cm³/mol. The molecule has 1 aliphatic heterocycles. The first-order valence-electron chi connectivity index (χ1n) is 5.97. The van der Waals surface area contributed by atoms with Gasteiger partial charge in [0.1, 0.15) is 0 Å². The van der Waals surface area contributed by atoms with E-state index in [9.17, 15) is 0 Å². The number of hydrogen-bond acceptors (Lipinski definition) is 1. The third kappa shape index (κ3) is 1.26. The molecule has 1 aromatic rings. The maximum absolute atomic E-state index is 4.56. The number of hydrogen-bond donors (Lipinski definition) is 0. The summed E-state index contributed by atoms with van der Waals surface area (Å²) in [5.41, 5.74) is 5.14. The molecule has 0 saturated heterocycles. The minimum atomic E-state index is 0.777. The molecule has 1 heterocycles. The van der Waals surface area contributed by atoms with Crippen molar-refractivity contribution in [2.45, 2.75) is 39.0 Å². The fraction of sp³-hybridized carbons (Fsp3) is 0.429. The summed E-state index contributed by atoms with van der Waals surface area (Å²) in [6.07, 6.45) is 4.07. The van der Waals surface area contributed by atoms with E-state index in [2.05, 4.69) is 30.8 Å². The molecule has 1 aliphatic carbocycles. The van der Waals surface area contributed by atoms with Crippen molar-refractivity contribution in [3.63, 3.8) is 0 Å². The van der Waals surface area contributed by atoms with Gasteiger partial charge in [0.05, 0.1) is 6.72 Å². The van der Waals surface area contributed by atoms with Crippen LogP contribution in [0.4, 0.5) is 11.4 Å². The van der Waals surface area contributed by atoms with Gasteiger partial charge in [0.25, 0.3) is 0 Å². The molecule has 82 valence electrons. The number of aryl methyl sites for hydroxylation is 1. The van der Waals surface area contributed by atoms with Crippen LogP contribution in [0.1, 0.15) is 43.2 Å². The Kier molecular flexibility index (Phi) is 2.00. The molecule has 0 spiro atoms. The van der Waals surface area contributed by atoms with Crippen LogP contribution in [0.25, 0.3) is 0 Å². The number of benzene rings is 1. The minimum absolute atomic E-state index is 0.777. The van der Waals surface area contributed by atoms with Gasteiger partial charge in [-0.05, 0) is 53.9 Å². The molecule has 0 unspecified atom stereocenters. The van der Waals surface area contributed by atoms with Crippen molar-refractivity contribution in [2.75, 3.05) is 0 Å². The fourth-order valence-electron chi connectivity index (χ4n) is 2.57. The molecule has 2 heteroatoms. The van der Waals surface area contributed by atoms with E-state index < -0.39 is 0 Å². The number of rotatable bonds is 1. The lowest BCUT2D eigenvalue weighted by atomic mass is 9.78. The lowest BCUT2D eigenvalue weighted by Gasteiger charge is -2.27. The summed E-state index contributed by atoms with van der Waals surface area (Å²) < 4.78 is 1.92. The number of nitrogens with zero attached hydrogens (tertiary/aromatic N) is 2. The monoisotopic (exact) mass is 213 g/mol. The van der Waals surface area contributed by atoms with Crippen LogP contribution in [-0.4, -0.2) is 17.1 Å². The van der Waals surface area contributed by atoms with Crippen LogP contribution >= 0.6 is 0 Å². The van der Waals surface area contributed by atoms with E-state index >= 15 is 0 Å². The van der Waals surface area contributed by atoms with Gasteiger partial charge in [-0.15, -0.1) is 0 Å². The maximum Gasteiger partial charge on any atom is 0.300 e. The minimum Gasteiger partial charge on any atom is -0.203 e. The van der Waals surface area contributed by atoms with Gasteiger partial charge in [-0.3, -0.25) is 0 Å². The maximum atomic E-state index is 4.56. The second-order valence-electron chi connectivity index (χ2n) is 4.91.